The molecular weight excluding hydrogens is 264 g/mol. The summed E-state index contributed by atoms with van der Waals surface area (Å²) in [6, 6.07) is 14.6. The molecular formula is C17H16N2O2. The van der Waals surface area contributed by atoms with Crippen LogP contribution in [0.4, 0.5) is 0 Å². The Morgan fingerprint density at radius 1 is 1.19 bits per heavy atom. The van der Waals surface area contributed by atoms with E-state index in [0.717, 1.165) is 5.69 Å². The maximum atomic E-state index is 11.4. The zero-order valence-electron chi connectivity index (χ0n) is 11.8. The molecule has 0 aliphatic rings. The van der Waals surface area contributed by atoms with E-state index in [1.807, 2.05) is 16.7 Å². The number of carbonyl (C=O) groups is 1. The van der Waals surface area contributed by atoms with E-state index >= 15 is 0 Å². The summed E-state index contributed by atoms with van der Waals surface area (Å²) in [5.41, 5.74) is 2.04. The lowest BCUT2D eigenvalue weighted by Gasteiger charge is -2.08. The zero-order chi connectivity index (χ0) is 14.7. The minimum absolute atomic E-state index is 0.240. The molecule has 0 fully saturated rings. The Morgan fingerprint density at radius 3 is 2.81 bits per heavy atom. The summed E-state index contributed by atoms with van der Waals surface area (Å²) >= 11 is 0. The van der Waals surface area contributed by atoms with E-state index in [-0.39, 0.29) is 12.4 Å². The van der Waals surface area contributed by atoms with Crippen LogP contribution in [0.5, 0.6) is 0 Å². The Labute approximate surface area is 123 Å². The lowest BCUT2D eigenvalue weighted by molar-refractivity contribution is -0.139. The Hall–Kier alpha value is -2.62. The van der Waals surface area contributed by atoms with Gasteiger partial charge in [0.05, 0.1) is 19.9 Å². The Kier molecular flexibility index (Phi) is 3.69. The van der Waals surface area contributed by atoms with Crippen LogP contribution in [-0.4, -0.2) is 22.6 Å². The van der Waals surface area contributed by atoms with Gasteiger partial charge in [0.1, 0.15) is 0 Å². The summed E-state index contributed by atoms with van der Waals surface area (Å²) in [6.07, 6.45) is 3.69. The summed E-state index contributed by atoms with van der Waals surface area (Å²) in [7, 11) is 1.40. The van der Waals surface area contributed by atoms with Crippen LogP contribution in [0.15, 0.2) is 55.0 Å². The highest BCUT2D eigenvalue weighted by atomic mass is 16.5. The van der Waals surface area contributed by atoms with Gasteiger partial charge in [-0.25, -0.2) is 4.98 Å². The van der Waals surface area contributed by atoms with Crippen molar-refractivity contribution in [2.45, 2.75) is 13.0 Å². The molecule has 0 bridgehead atoms. The van der Waals surface area contributed by atoms with E-state index in [4.69, 9.17) is 4.74 Å². The fraction of sp³-hybridized carbons (Fsp3) is 0.176. The van der Waals surface area contributed by atoms with Crippen molar-refractivity contribution in [2.24, 2.45) is 0 Å². The number of rotatable bonds is 4. The van der Waals surface area contributed by atoms with Crippen LogP contribution in [0, 0.1) is 0 Å². The van der Waals surface area contributed by atoms with Gasteiger partial charge in [0, 0.05) is 18.4 Å². The Balaban J connectivity index is 1.85. The molecule has 4 nitrogen and oxygen atoms in total. The normalized spacial score (nSPS) is 10.7. The van der Waals surface area contributed by atoms with E-state index in [1.165, 1.54) is 23.4 Å². The standard InChI is InChI=1S/C17H16N2O2/c1-21-17(20)9-16-10-18-12-19(16)11-13-6-7-14-4-2-3-5-15(14)8-13/h2-8,10,12H,9,11H2,1H3. The second-order valence-corrected chi connectivity index (χ2v) is 4.95. The molecule has 3 rings (SSSR count). The lowest BCUT2D eigenvalue weighted by Crippen LogP contribution is -2.10. The van der Waals surface area contributed by atoms with Crippen LogP contribution < -0.4 is 0 Å². The van der Waals surface area contributed by atoms with E-state index in [0.29, 0.717) is 6.54 Å². The molecule has 0 radical (unpaired) electrons. The van der Waals surface area contributed by atoms with Crippen molar-refractivity contribution in [3.05, 3.63) is 66.2 Å². The number of imidazole rings is 1. The summed E-state index contributed by atoms with van der Waals surface area (Å²) in [4.78, 5) is 15.5. The fourth-order valence-electron chi connectivity index (χ4n) is 2.39. The summed E-state index contributed by atoms with van der Waals surface area (Å²) in [6.45, 7) is 0.692. The van der Waals surface area contributed by atoms with E-state index in [9.17, 15) is 4.79 Å². The van der Waals surface area contributed by atoms with E-state index < -0.39 is 0 Å². The number of methoxy groups -OCH3 is 1. The molecule has 0 spiro atoms. The van der Waals surface area contributed by atoms with Gasteiger partial charge in [-0.15, -0.1) is 0 Å². The van der Waals surface area contributed by atoms with Crippen LogP contribution in [0.1, 0.15) is 11.3 Å². The average Bonchev–Trinajstić information content (AvgIpc) is 2.94. The smallest absolute Gasteiger partial charge is 0.311 e. The largest absolute Gasteiger partial charge is 0.469 e. The molecule has 0 saturated heterocycles. The molecule has 1 heterocycles. The highest BCUT2D eigenvalue weighted by Gasteiger charge is 2.08. The molecule has 1 aromatic heterocycles. The molecule has 0 unspecified atom stereocenters. The number of carbonyl (C=O) groups excluding carboxylic acids is 1. The zero-order valence-corrected chi connectivity index (χ0v) is 11.8. The number of fused-ring (bicyclic) bond motifs is 1. The van der Waals surface area contributed by atoms with Gasteiger partial charge in [-0.2, -0.15) is 0 Å². The summed E-state index contributed by atoms with van der Waals surface area (Å²) in [5.74, 6) is -0.254. The van der Waals surface area contributed by atoms with Crippen LogP contribution in [-0.2, 0) is 22.5 Å². The van der Waals surface area contributed by atoms with Crippen molar-refractivity contribution >= 4 is 16.7 Å². The SMILES string of the molecule is COC(=O)Cc1cncn1Cc1ccc2ccccc2c1. The average molecular weight is 280 g/mol. The molecule has 3 aromatic rings. The van der Waals surface area contributed by atoms with Gasteiger partial charge in [-0.3, -0.25) is 4.79 Å². The lowest BCUT2D eigenvalue weighted by atomic mass is 10.1. The Bertz CT molecular complexity index is 777. The number of hydrogen-bond donors (Lipinski definition) is 0. The highest BCUT2D eigenvalue weighted by Crippen LogP contribution is 2.17. The molecule has 0 aliphatic heterocycles. The number of aromatic nitrogens is 2. The first-order valence-electron chi connectivity index (χ1n) is 6.80. The van der Waals surface area contributed by atoms with Gasteiger partial charge in [0.15, 0.2) is 0 Å². The van der Waals surface area contributed by atoms with Crippen LogP contribution in [0.2, 0.25) is 0 Å². The second-order valence-electron chi connectivity index (χ2n) is 4.95. The first kappa shape index (κ1) is 13.4. The molecule has 0 aliphatic carbocycles. The van der Waals surface area contributed by atoms with Crippen molar-refractivity contribution in [1.29, 1.82) is 0 Å². The van der Waals surface area contributed by atoms with Crippen molar-refractivity contribution in [3.8, 4) is 0 Å². The monoisotopic (exact) mass is 280 g/mol. The molecule has 21 heavy (non-hydrogen) atoms. The van der Waals surface area contributed by atoms with Crippen LogP contribution in [0.25, 0.3) is 10.8 Å². The minimum Gasteiger partial charge on any atom is -0.469 e. The predicted octanol–water partition coefficient (Wildman–Crippen LogP) is 2.80. The molecule has 0 N–H and O–H groups in total. The first-order valence-corrected chi connectivity index (χ1v) is 6.80. The molecule has 0 atom stereocenters. The molecule has 2 aromatic carbocycles. The molecule has 4 heteroatoms. The maximum absolute atomic E-state index is 11.4. The van der Waals surface area contributed by atoms with Gasteiger partial charge in [-0.05, 0) is 22.4 Å². The number of benzene rings is 2. The number of nitrogens with zero attached hydrogens (tertiary/aromatic N) is 2. The summed E-state index contributed by atoms with van der Waals surface area (Å²) < 4.78 is 6.68. The quantitative estimate of drug-likeness (QED) is 0.690. The third-order valence-corrected chi connectivity index (χ3v) is 3.52. The number of esters is 1. The van der Waals surface area contributed by atoms with E-state index in [1.54, 1.807) is 12.5 Å². The fourth-order valence-corrected chi connectivity index (χ4v) is 2.39. The molecule has 0 saturated carbocycles. The van der Waals surface area contributed by atoms with Gasteiger partial charge in [-0.1, -0.05) is 36.4 Å². The van der Waals surface area contributed by atoms with Gasteiger partial charge in [0.2, 0.25) is 0 Å². The van der Waals surface area contributed by atoms with Gasteiger partial charge in [0.25, 0.3) is 0 Å². The van der Waals surface area contributed by atoms with Crippen molar-refractivity contribution in [2.75, 3.05) is 7.11 Å². The van der Waals surface area contributed by atoms with Crippen molar-refractivity contribution < 1.29 is 9.53 Å². The number of hydrogen-bond acceptors (Lipinski definition) is 3. The Morgan fingerprint density at radius 2 is 2.00 bits per heavy atom. The first-order chi connectivity index (χ1) is 10.3. The second kappa shape index (κ2) is 5.79. The molecule has 0 amide bonds. The van der Waals surface area contributed by atoms with Crippen LogP contribution >= 0.6 is 0 Å². The van der Waals surface area contributed by atoms with Gasteiger partial charge < -0.3 is 9.30 Å². The van der Waals surface area contributed by atoms with Crippen molar-refractivity contribution in [1.82, 2.24) is 9.55 Å². The predicted molar refractivity (Wildman–Crippen MR) is 81.0 cm³/mol. The van der Waals surface area contributed by atoms with E-state index in [2.05, 4.69) is 35.3 Å². The third kappa shape index (κ3) is 2.94. The maximum Gasteiger partial charge on any atom is 0.311 e. The topological polar surface area (TPSA) is 44.1 Å². The summed E-state index contributed by atoms with van der Waals surface area (Å²) in [5, 5.41) is 2.44. The third-order valence-electron chi connectivity index (χ3n) is 3.52. The number of ether oxygens (including phenoxy) is 1. The van der Waals surface area contributed by atoms with Gasteiger partial charge >= 0.3 is 5.97 Å². The van der Waals surface area contributed by atoms with Crippen molar-refractivity contribution in [3.63, 3.8) is 0 Å². The molecule has 106 valence electrons. The van der Waals surface area contributed by atoms with Crippen LogP contribution in [0.3, 0.4) is 0 Å². The highest BCUT2D eigenvalue weighted by molar-refractivity contribution is 5.83. The minimum atomic E-state index is -0.254.